The zero-order valence-corrected chi connectivity index (χ0v) is 17.8. The van der Waals surface area contributed by atoms with Crippen LogP contribution < -0.4 is 5.73 Å². The summed E-state index contributed by atoms with van der Waals surface area (Å²) in [5, 5.41) is 5.03. The van der Waals surface area contributed by atoms with E-state index in [1.807, 2.05) is 6.92 Å². The number of rotatable bonds is 9. The largest absolute Gasteiger partial charge is 0.455 e. The van der Waals surface area contributed by atoms with E-state index in [4.69, 9.17) is 19.7 Å². The van der Waals surface area contributed by atoms with E-state index in [-0.39, 0.29) is 0 Å². The van der Waals surface area contributed by atoms with E-state index >= 15 is 0 Å². The minimum atomic E-state index is -0.884. The second kappa shape index (κ2) is 9.49. The van der Waals surface area contributed by atoms with Gasteiger partial charge in [-0.05, 0) is 33.1 Å². The van der Waals surface area contributed by atoms with E-state index in [1.165, 1.54) is 11.3 Å². The summed E-state index contributed by atoms with van der Waals surface area (Å²) in [5.74, 6) is -0.273. The van der Waals surface area contributed by atoms with Gasteiger partial charge >= 0.3 is 5.97 Å². The SMILES string of the molecule is CCCCc1noc(C)c1CCc1nc(C)c(C(=O)OC2CCOC2C(N)=O)s1. The standard InChI is InChI=1S/C20H27N3O5S/c1-4-5-6-14-13(12(3)28-23-14)7-8-16-22-11(2)18(29-16)20(25)27-15-9-10-26-17(15)19(21)24/h15,17H,4-10H2,1-3H3,(H2,21,24). The van der Waals surface area contributed by atoms with Crippen LogP contribution in [0.2, 0.25) is 0 Å². The van der Waals surface area contributed by atoms with Crippen molar-refractivity contribution in [1.29, 1.82) is 0 Å². The molecule has 1 aliphatic rings. The number of hydrogen-bond donors (Lipinski definition) is 1. The van der Waals surface area contributed by atoms with Gasteiger partial charge in [0.05, 0.1) is 23.0 Å². The summed E-state index contributed by atoms with van der Waals surface area (Å²) >= 11 is 1.32. The molecule has 2 unspecified atom stereocenters. The predicted molar refractivity (Wildman–Crippen MR) is 107 cm³/mol. The Hall–Kier alpha value is -2.26. The molecule has 29 heavy (non-hydrogen) atoms. The Labute approximate surface area is 173 Å². The van der Waals surface area contributed by atoms with Crippen LogP contribution in [-0.2, 0) is 33.5 Å². The molecule has 2 N–H and O–H groups in total. The van der Waals surface area contributed by atoms with E-state index < -0.39 is 24.1 Å². The molecule has 1 saturated heterocycles. The molecule has 0 spiro atoms. The fourth-order valence-corrected chi connectivity index (χ4v) is 4.37. The van der Waals surface area contributed by atoms with Crippen molar-refractivity contribution in [3.63, 3.8) is 0 Å². The molecule has 3 heterocycles. The van der Waals surface area contributed by atoms with Gasteiger partial charge in [-0.25, -0.2) is 9.78 Å². The highest BCUT2D eigenvalue weighted by Crippen LogP contribution is 2.25. The Morgan fingerprint density at radius 3 is 2.79 bits per heavy atom. The van der Waals surface area contributed by atoms with Crippen LogP contribution in [0.15, 0.2) is 4.52 Å². The van der Waals surface area contributed by atoms with Gasteiger partial charge in [-0.15, -0.1) is 11.3 Å². The molecule has 3 rings (SSSR count). The molecule has 2 aromatic heterocycles. The molecule has 0 aliphatic carbocycles. The molecule has 1 fully saturated rings. The average molecular weight is 422 g/mol. The molecular weight excluding hydrogens is 394 g/mol. The van der Waals surface area contributed by atoms with Crippen LogP contribution >= 0.6 is 11.3 Å². The van der Waals surface area contributed by atoms with Gasteiger partial charge in [0.15, 0.2) is 6.10 Å². The summed E-state index contributed by atoms with van der Waals surface area (Å²) in [6, 6.07) is 0. The second-order valence-electron chi connectivity index (χ2n) is 7.22. The maximum atomic E-state index is 12.6. The lowest BCUT2D eigenvalue weighted by atomic mass is 10.0. The summed E-state index contributed by atoms with van der Waals surface area (Å²) in [6.45, 7) is 6.20. The first-order valence-corrected chi connectivity index (χ1v) is 10.7. The summed E-state index contributed by atoms with van der Waals surface area (Å²) in [5.41, 5.74) is 8.06. The van der Waals surface area contributed by atoms with Crippen molar-refractivity contribution in [3.8, 4) is 0 Å². The number of ether oxygens (including phenoxy) is 2. The number of hydrogen-bond acceptors (Lipinski definition) is 8. The van der Waals surface area contributed by atoms with Gasteiger partial charge in [-0.3, -0.25) is 4.79 Å². The third kappa shape index (κ3) is 5.02. The van der Waals surface area contributed by atoms with Crippen molar-refractivity contribution in [2.24, 2.45) is 5.73 Å². The number of thiazole rings is 1. The summed E-state index contributed by atoms with van der Waals surface area (Å²) in [6.07, 6.45) is 3.45. The van der Waals surface area contributed by atoms with Gasteiger partial charge in [-0.1, -0.05) is 18.5 Å². The van der Waals surface area contributed by atoms with Crippen molar-refractivity contribution in [3.05, 3.63) is 32.6 Å². The van der Waals surface area contributed by atoms with Crippen LogP contribution in [0.5, 0.6) is 0 Å². The highest BCUT2D eigenvalue weighted by Gasteiger charge is 2.36. The van der Waals surface area contributed by atoms with E-state index in [1.54, 1.807) is 6.92 Å². The molecule has 0 radical (unpaired) electrons. The maximum absolute atomic E-state index is 12.6. The molecular formula is C20H27N3O5S. The lowest BCUT2D eigenvalue weighted by Crippen LogP contribution is -2.38. The number of aromatic nitrogens is 2. The van der Waals surface area contributed by atoms with Crippen LogP contribution in [0.4, 0.5) is 0 Å². The zero-order valence-electron chi connectivity index (χ0n) is 17.0. The van der Waals surface area contributed by atoms with E-state index in [9.17, 15) is 9.59 Å². The van der Waals surface area contributed by atoms with Crippen molar-refractivity contribution in [1.82, 2.24) is 10.1 Å². The first kappa shape index (κ1) is 21.4. The number of unbranched alkanes of at least 4 members (excludes halogenated alkanes) is 1. The fourth-order valence-electron chi connectivity index (χ4n) is 3.43. The molecule has 1 amide bonds. The van der Waals surface area contributed by atoms with Gasteiger partial charge in [0.2, 0.25) is 5.91 Å². The predicted octanol–water partition coefficient (Wildman–Crippen LogP) is 2.68. The minimum Gasteiger partial charge on any atom is -0.455 e. The van der Waals surface area contributed by atoms with Crippen LogP contribution in [0, 0.1) is 13.8 Å². The number of amides is 1. The number of esters is 1. The second-order valence-corrected chi connectivity index (χ2v) is 8.30. The maximum Gasteiger partial charge on any atom is 0.350 e. The van der Waals surface area contributed by atoms with Crippen LogP contribution in [0.1, 0.15) is 63.6 Å². The molecule has 0 saturated carbocycles. The number of primary amides is 1. The summed E-state index contributed by atoms with van der Waals surface area (Å²) in [4.78, 5) is 29.0. The van der Waals surface area contributed by atoms with Gasteiger partial charge in [-0.2, -0.15) is 0 Å². The van der Waals surface area contributed by atoms with E-state index in [0.29, 0.717) is 30.0 Å². The molecule has 9 heteroatoms. The molecule has 158 valence electrons. The molecule has 0 bridgehead atoms. The summed E-state index contributed by atoms with van der Waals surface area (Å²) < 4.78 is 16.1. The lowest BCUT2D eigenvalue weighted by Gasteiger charge is -2.15. The highest BCUT2D eigenvalue weighted by molar-refractivity contribution is 7.13. The lowest BCUT2D eigenvalue weighted by molar-refractivity contribution is -0.130. The third-order valence-corrected chi connectivity index (χ3v) is 6.22. The smallest absolute Gasteiger partial charge is 0.350 e. The van der Waals surface area contributed by atoms with Crippen molar-refractivity contribution in [2.75, 3.05) is 6.61 Å². The molecule has 2 aromatic rings. The normalized spacial score (nSPS) is 18.9. The third-order valence-electron chi connectivity index (χ3n) is 5.02. The van der Waals surface area contributed by atoms with Crippen molar-refractivity contribution < 1.29 is 23.6 Å². The zero-order chi connectivity index (χ0) is 21.0. The Kier molecular flexibility index (Phi) is 7.02. The molecule has 8 nitrogen and oxygen atoms in total. The van der Waals surface area contributed by atoms with Crippen LogP contribution in [0.3, 0.4) is 0 Å². The molecule has 2 atom stereocenters. The Morgan fingerprint density at radius 2 is 2.07 bits per heavy atom. The minimum absolute atomic E-state index is 0.344. The monoisotopic (exact) mass is 421 g/mol. The highest BCUT2D eigenvalue weighted by atomic mass is 32.1. The fraction of sp³-hybridized carbons (Fsp3) is 0.600. The van der Waals surface area contributed by atoms with Gasteiger partial charge < -0.3 is 19.7 Å². The Bertz CT molecular complexity index is 876. The topological polar surface area (TPSA) is 118 Å². The van der Waals surface area contributed by atoms with Crippen molar-refractivity contribution in [2.45, 2.75) is 71.5 Å². The number of aryl methyl sites for hydroxylation is 4. The number of nitrogens with zero attached hydrogens (tertiary/aromatic N) is 2. The Balaban J connectivity index is 1.64. The average Bonchev–Trinajstić information content (AvgIpc) is 3.37. The quantitative estimate of drug-likeness (QED) is 0.619. The Morgan fingerprint density at radius 1 is 1.28 bits per heavy atom. The van der Waals surface area contributed by atoms with Crippen molar-refractivity contribution >= 4 is 23.2 Å². The van der Waals surface area contributed by atoms with Gasteiger partial charge in [0.1, 0.15) is 16.7 Å². The number of carbonyl (C=O) groups excluding carboxylic acids is 2. The van der Waals surface area contributed by atoms with Crippen LogP contribution in [-0.4, -0.2) is 40.8 Å². The van der Waals surface area contributed by atoms with Gasteiger partial charge in [0, 0.05) is 18.4 Å². The van der Waals surface area contributed by atoms with Crippen LogP contribution in [0.25, 0.3) is 0 Å². The molecule has 1 aliphatic heterocycles. The van der Waals surface area contributed by atoms with E-state index in [2.05, 4.69) is 17.1 Å². The number of carbonyl (C=O) groups is 2. The van der Waals surface area contributed by atoms with Gasteiger partial charge in [0.25, 0.3) is 0 Å². The first-order valence-electron chi connectivity index (χ1n) is 9.92. The van der Waals surface area contributed by atoms with E-state index in [0.717, 1.165) is 47.7 Å². The summed E-state index contributed by atoms with van der Waals surface area (Å²) in [7, 11) is 0. The first-order chi connectivity index (χ1) is 13.9. The number of nitrogens with two attached hydrogens (primary N) is 1. The molecule has 0 aromatic carbocycles.